The Bertz CT molecular complexity index is 853. The van der Waals surface area contributed by atoms with Crippen LogP contribution in [0, 0.1) is 6.92 Å². The molecule has 4 aliphatic rings. The number of carbonyl (C=O) groups is 2. The minimum Gasteiger partial charge on any atom is -0.378 e. The van der Waals surface area contributed by atoms with E-state index in [1.165, 1.54) is 12.8 Å². The van der Waals surface area contributed by atoms with Gasteiger partial charge in [0.15, 0.2) is 0 Å². The van der Waals surface area contributed by atoms with Crippen LogP contribution in [0.2, 0.25) is 0 Å². The van der Waals surface area contributed by atoms with Gasteiger partial charge in [-0.15, -0.1) is 0 Å². The molecule has 0 radical (unpaired) electrons. The summed E-state index contributed by atoms with van der Waals surface area (Å²) in [6, 6.07) is 0.298. The lowest BCUT2D eigenvalue weighted by atomic mass is 9.94. The van der Waals surface area contributed by atoms with E-state index < -0.39 is 0 Å². The monoisotopic (exact) mass is 440 g/mol. The van der Waals surface area contributed by atoms with Gasteiger partial charge in [0, 0.05) is 55.8 Å². The van der Waals surface area contributed by atoms with Gasteiger partial charge in [-0.05, 0) is 58.3 Å². The number of fused-ring (bicyclic) bond motifs is 1. The van der Waals surface area contributed by atoms with Crippen molar-refractivity contribution in [2.75, 3.05) is 24.6 Å². The lowest BCUT2D eigenvalue weighted by molar-refractivity contribution is -0.133. The standard InChI is InChI=1S/C25H36N4O3/c1-17-21-9-11-23(31)29(19-5-2-3-6-19)25(21)27-24(26-17)18-12-14-28(15-13-18)22(30)10-8-20-7-4-16-32-20/h18-20H,2-16H2,1H3/t20-/m1/s1. The molecule has 7 nitrogen and oxygen atoms in total. The molecule has 0 spiro atoms. The first-order valence-electron chi connectivity index (χ1n) is 12.7. The molecule has 1 aliphatic carbocycles. The largest absolute Gasteiger partial charge is 0.378 e. The van der Waals surface area contributed by atoms with Crippen LogP contribution in [0.3, 0.4) is 0 Å². The van der Waals surface area contributed by atoms with Gasteiger partial charge in [-0.2, -0.15) is 0 Å². The maximum atomic E-state index is 12.8. The predicted octanol–water partition coefficient (Wildman–Crippen LogP) is 3.67. The number of anilines is 1. The van der Waals surface area contributed by atoms with Crippen LogP contribution in [-0.2, 0) is 20.7 Å². The molecule has 174 valence electrons. The quantitative estimate of drug-likeness (QED) is 0.698. The van der Waals surface area contributed by atoms with Crippen LogP contribution < -0.4 is 4.90 Å². The zero-order valence-corrected chi connectivity index (χ0v) is 19.4. The Kier molecular flexibility index (Phi) is 6.44. The van der Waals surface area contributed by atoms with E-state index in [9.17, 15) is 9.59 Å². The van der Waals surface area contributed by atoms with E-state index in [1.54, 1.807) is 0 Å². The van der Waals surface area contributed by atoms with Crippen molar-refractivity contribution in [2.45, 2.75) is 102 Å². The molecule has 3 fully saturated rings. The minimum absolute atomic E-state index is 0.222. The van der Waals surface area contributed by atoms with Gasteiger partial charge in [0.25, 0.3) is 0 Å². The normalized spacial score (nSPS) is 24.9. The van der Waals surface area contributed by atoms with Crippen LogP contribution in [-0.4, -0.2) is 58.5 Å². The number of hydrogen-bond acceptors (Lipinski definition) is 5. The van der Waals surface area contributed by atoms with E-state index in [4.69, 9.17) is 14.7 Å². The smallest absolute Gasteiger partial charge is 0.228 e. The van der Waals surface area contributed by atoms with Crippen LogP contribution >= 0.6 is 0 Å². The van der Waals surface area contributed by atoms with Crippen molar-refractivity contribution in [3.63, 3.8) is 0 Å². The van der Waals surface area contributed by atoms with Crippen LogP contribution in [0.15, 0.2) is 0 Å². The van der Waals surface area contributed by atoms with Gasteiger partial charge in [-0.25, -0.2) is 9.97 Å². The lowest BCUT2D eigenvalue weighted by Gasteiger charge is -2.35. The van der Waals surface area contributed by atoms with E-state index in [0.29, 0.717) is 18.9 Å². The fourth-order valence-electron chi connectivity index (χ4n) is 5.99. The second kappa shape index (κ2) is 9.46. The zero-order chi connectivity index (χ0) is 22.1. The van der Waals surface area contributed by atoms with E-state index in [1.807, 2.05) is 9.80 Å². The number of nitrogens with zero attached hydrogens (tertiary/aromatic N) is 4. The van der Waals surface area contributed by atoms with Gasteiger partial charge in [0.2, 0.25) is 11.8 Å². The first-order valence-corrected chi connectivity index (χ1v) is 12.7. The van der Waals surface area contributed by atoms with Crippen molar-refractivity contribution < 1.29 is 14.3 Å². The summed E-state index contributed by atoms with van der Waals surface area (Å²) < 4.78 is 5.66. The van der Waals surface area contributed by atoms with E-state index >= 15 is 0 Å². The molecule has 1 saturated carbocycles. The number of likely N-dealkylation sites (tertiary alicyclic amines) is 1. The molecule has 32 heavy (non-hydrogen) atoms. The highest BCUT2D eigenvalue weighted by atomic mass is 16.5. The number of aryl methyl sites for hydroxylation is 1. The third-order valence-electron chi connectivity index (χ3n) is 7.90. The Balaban J connectivity index is 1.25. The number of amides is 2. The van der Waals surface area contributed by atoms with Crippen LogP contribution in [0.1, 0.15) is 93.6 Å². The summed E-state index contributed by atoms with van der Waals surface area (Å²) in [5, 5.41) is 0. The molecule has 1 aromatic rings. The Hall–Kier alpha value is -2.02. The van der Waals surface area contributed by atoms with E-state index in [-0.39, 0.29) is 23.8 Å². The first-order chi connectivity index (χ1) is 15.6. The number of piperidine rings is 1. The predicted molar refractivity (Wildman–Crippen MR) is 122 cm³/mol. The number of carbonyl (C=O) groups excluding carboxylic acids is 2. The Labute approximate surface area is 190 Å². The van der Waals surface area contributed by atoms with Crippen molar-refractivity contribution in [3.05, 3.63) is 17.1 Å². The van der Waals surface area contributed by atoms with Gasteiger partial charge in [0.05, 0.1) is 6.10 Å². The van der Waals surface area contributed by atoms with Gasteiger partial charge >= 0.3 is 0 Å². The highest BCUT2D eigenvalue weighted by Gasteiger charge is 2.36. The molecule has 4 heterocycles. The summed E-state index contributed by atoms with van der Waals surface area (Å²) in [5.41, 5.74) is 2.18. The van der Waals surface area contributed by atoms with Crippen LogP contribution in [0.4, 0.5) is 5.82 Å². The number of rotatable bonds is 5. The maximum absolute atomic E-state index is 12.8. The van der Waals surface area contributed by atoms with Gasteiger partial charge in [0.1, 0.15) is 11.6 Å². The number of aromatic nitrogens is 2. The molecule has 0 unspecified atom stereocenters. The molecule has 3 aliphatic heterocycles. The zero-order valence-electron chi connectivity index (χ0n) is 19.4. The fraction of sp³-hybridized carbons (Fsp3) is 0.760. The second-order valence-corrected chi connectivity index (χ2v) is 10.0. The van der Waals surface area contributed by atoms with Gasteiger partial charge in [-0.1, -0.05) is 12.8 Å². The molecular formula is C25H36N4O3. The third kappa shape index (κ3) is 4.41. The van der Waals surface area contributed by atoms with Gasteiger partial charge < -0.3 is 9.64 Å². The van der Waals surface area contributed by atoms with Crippen molar-refractivity contribution in [2.24, 2.45) is 0 Å². The molecular weight excluding hydrogens is 404 g/mol. The summed E-state index contributed by atoms with van der Waals surface area (Å²) in [4.78, 5) is 39.4. The Morgan fingerprint density at radius 2 is 1.81 bits per heavy atom. The fourth-order valence-corrected chi connectivity index (χ4v) is 5.99. The highest BCUT2D eigenvalue weighted by molar-refractivity contribution is 5.96. The molecule has 0 bridgehead atoms. The highest BCUT2D eigenvalue weighted by Crippen LogP contribution is 2.36. The molecule has 0 aromatic carbocycles. The first kappa shape index (κ1) is 21.8. The molecule has 5 rings (SSSR count). The summed E-state index contributed by atoms with van der Waals surface area (Å²) in [5.74, 6) is 2.47. The molecule has 0 N–H and O–H groups in total. The van der Waals surface area contributed by atoms with Crippen molar-refractivity contribution in [1.29, 1.82) is 0 Å². The van der Waals surface area contributed by atoms with Gasteiger partial charge in [-0.3, -0.25) is 14.5 Å². The van der Waals surface area contributed by atoms with Crippen molar-refractivity contribution in [1.82, 2.24) is 14.9 Å². The average Bonchev–Trinajstić information content (AvgIpc) is 3.52. The molecule has 2 saturated heterocycles. The van der Waals surface area contributed by atoms with Crippen LogP contribution in [0.25, 0.3) is 0 Å². The Morgan fingerprint density at radius 1 is 1.03 bits per heavy atom. The van der Waals surface area contributed by atoms with E-state index in [2.05, 4.69) is 6.92 Å². The minimum atomic E-state index is 0.222. The molecule has 2 amide bonds. The third-order valence-corrected chi connectivity index (χ3v) is 7.90. The topological polar surface area (TPSA) is 75.6 Å². The summed E-state index contributed by atoms with van der Waals surface area (Å²) in [6.07, 6.45) is 11.6. The van der Waals surface area contributed by atoms with Crippen LogP contribution in [0.5, 0.6) is 0 Å². The summed E-state index contributed by atoms with van der Waals surface area (Å²) in [6.45, 7) is 4.43. The second-order valence-electron chi connectivity index (χ2n) is 10.0. The summed E-state index contributed by atoms with van der Waals surface area (Å²) in [7, 11) is 0. The maximum Gasteiger partial charge on any atom is 0.228 e. The van der Waals surface area contributed by atoms with E-state index in [0.717, 1.165) is 94.0 Å². The molecule has 1 aromatic heterocycles. The van der Waals surface area contributed by atoms with Crippen molar-refractivity contribution in [3.8, 4) is 0 Å². The Morgan fingerprint density at radius 3 is 2.53 bits per heavy atom. The molecule has 7 heteroatoms. The SMILES string of the molecule is Cc1nc(C2CCN(C(=O)CC[C@H]3CCCO3)CC2)nc2c1CCC(=O)N2C1CCCC1. The summed E-state index contributed by atoms with van der Waals surface area (Å²) >= 11 is 0. The average molecular weight is 441 g/mol. The van der Waals surface area contributed by atoms with Crippen molar-refractivity contribution >= 4 is 17.6 Å². The molecule has 1 atom stereocenters. The lowest BCUT2D eigenvalue weighted by Crippen LogP contribution is -2.43. The number of hydrogen-bond donors (Lipinski definition) is 0. The number of ether oxygens (including phenoxy) is 1.